The normalized spacial score (nSPS) is 13.9. The lowest BCUT2D eigenvalue weighted by atomic mass is 10.0. The van der Waals surface area contributed by atoms with Crippen molar-refractivity contribution in [2.75, 3.05) is 19.8 Å². The van der Waals surface area contributed by atoms with Crippen molar-refractivity contribution < 1.29 is 9.53 Å². The molecule has 3 N–H and O–H groups in total. The van der Waals surface area contributed by atoms with Crippen molar-refractivity contribution in [2.24, 2.45) is 5.73 Å². The third-order valence-corrected chi connectivity index (χ3v) is 3.30. The number of benzene rings is 1. The quantitative estimate of drug-likeness (QED) is 0.642. The second kappa shape index (κ2) is 8.72. The minimum Gasteiger partial charge on any atom is -0.379 e. The van der Waals surface area contributed by atoms with Crippen LogP contribution in [0, 0.1) is 0 Å². The minimum atomic E-state index is -0.775. The first-order chi connectivity index (χ1) is 9.58. The van der Waals surface area contributed by atoms with Crippen LogP contribution in [0.2, 0.25) is 0 Å². The molecule has 0 bridgehead atoms. The smallest absolute Gasteiger partial charge is 0.239 e. The van der Waals surface area contributed by atoms with Gasteiger partial charge in [-0.2, -0.15) is 0 Å². The van der Waals surface area contributed by atoms with Crippen LogP contribution in [-0.2, 0) is 16.0 Å². The maximum Gasteiger partial charge on any atom is 0.239 e. The molecule has 1 unspecified atom stereocenters. The molecule has 0 radical (unpaired) electrons. The summed E-state index contributed by atoms with van der Waals surface area (Å²) < 4.78 is 5.62. The monoisotopic (exact) mass is 278 g/mol. The van der Waals surface area contributed by atoms with E-state index >= 15 is 0 Å². The first kappa shape index (κ1) is 16.7. The fraction of sp³-hybridized carbons (Fsp3) is 0.562. The van der Waals surface area contributed by atoms with Crippen molar-refractivity contribution in [3.63, 3.8) is 0 Å². The van der Waals surface area contributed by atoms with Crippen molar-refractivity contribution in [1.29, 1.82) is 0 Å². The number of amides is 1. The largest absolute Gasteiger partial charge is 0.379 e. The third-order valence-electron chi connectivity index (χ3n) is 3.30. The molecule has 1 amide bonds. The second-order valence-electron chi connectivity index (χ2n) is 5.26. The highest BCUT2D eigenvalue weighted by atomic mass is 16.5. The number of nitrogens with two attached hydrogens (primary N) is 1. The van der Waals surface area contributed by atoms with Crippen LogP contribution in [0.1, 0.15) is 32.3 Å². The zero-order chi connectivity index (χ0) is 14.8. The molecule has 1 rings (SSSR count). The summed E-state index contributed by atoms with van der Waals surface area (Å²) in [4.78, 5) is 11.5. The van der Waals surface area contributed by atoms with Gasteiger partial charge in [0.25, 0.3) is 0 Å². The summed E-state index contributed by atoms with van der Waals surface area (Å²) in [5.41, 5.74) is 5.96. The Hall–Kier alpha value is -1.39. The Balaban J connectivity index is 2.25. The molecule has 0 heterocycles. The summed E-state index contributed by atoms with van der Waals surface area (Å²) in [6.45, 7) is 5.55. The molecule has 1 aromatic carbocycles. The van der Waals surface area contributed by atoms with E-state index in [0.717, 1.165) is 25.8 Å². The van der Waals surface area contributed by atoms with Crippen molar-refractivity contribution in [3.8, 4) is 0 Å². The molecule has 0 aliphatic carbocycles. The van der Waals surface area contributed by atoms with E-state index in [1.165, 1.54) is 5.56 Å². The minimum absolute atomic E-state index is 0.317. The number of carbonyl (C=O) groups is 1. The van der Waals surface area contributed by atoms with E-state index in [4.69, 9.17) is 10.5 Å². The maximum atomic E-state index is 11.5. The summed E-state index contributed by atoms with van der Waals surface area (Å²) >= 11 is 0. The molecular weight excluding hydrogens is 252 g/mol. The molecule has 1 aromatic rings. The van der Waals surface area contributed by atoms with Crippen LogP contribution in [0.3, 0.4) is 0 Å². The number of aryl methyl sites for hydroxylation is 1. The molecule has 4 nitrogen and oxygen atoms in total. The molecule has 0 saturated carbocycles. The molecule has 0 saturated heterocycles. The zero-order valence-electron chi connectivity index (χ0n) is 12.5. The fourth-order valence-corrected chi connectivity index (χ4v) is 1.91. The van der Waals surface area contributed by atoms with Gasteiger partial charge in [0.15, 0.2) is 0 Å². The highest BCUT2D eigenvalue weighted by molar-refractivity contribution is 5.84. The predicted octanol–water partition coefficient (Wildman–Crippen LogP) is 1.88. The molecule has 0 aromatic heterocycles. The first-order valence-corrected chi connectivity index (χ1v) is 7.25. The first-order valence-electron chi connectivity index (χ1n) is 7.25. The standard InChI is InChI=1S/C16H26N2O2/c1-3-11-18-16(2,15(17)19)13-20-12-7-10-14-8-5-4-6-9-14/h4-6,8-9,18H,3,7,10-13H2,1-2H3,(H2,17,19). The number of primary amides is 1. The van der Waals surface area contributed by atoms with Gasteiger partial charge < -0.3 is 15.8 Å². The third kappa shape index (κ3) is 5.72. The summed E-state index contributed by atoms with van der Waals surface area (Å²) in [5.74, 6) is -0.367. The highest BCUT2D eigenvalue weighted by Crippen LogP contribution is 2.06. The van der Waals surface area contributed by atoms with E-state index in [1.807, 2.05) is 18.2 Å². The Labute approximate surface area is 121 Å². The molecule has 0 aliphatic heterocycles. The Kier molecular flexibility index (Phi) is 7.26. The van der Waals surface area contributed by atoms with Crippen molar-refractivity contribution in [2.45, 2.75) is 38.6 Å². The number of hydrogen-bond acceptors (Lipinski definition) is 3. The summed E-state index contributed by atoms with van der Waals surface area (Å²) in [6, 6.07) is 10.3. The van der Waals surface area contributed by atoms with Gasteiger partial charge in [0.1, 0.15) is 5.54 Å². The van der Waals surface area contributed by atoms with Crippen LogP contribution >= 0.6 is 0 Å². The fourth-order valence-electron chi connectivity index (χ4n) is 1.91. The Bertz CT molecular complexity index is 395. The number of carbonyl (C=O) groups excluding carboxylic acids is 1. The van der Waals surface area contributed by atoms with Gasteiger partial charge in [-0.05, 0) is 38.3 Å². The van der Waals surface area contributed by atoms with E-state index in [2.05, 4.69) is 24.4 Å². The number of hydrogen-bond donors (Lipinski definition) is 2. The van der Waals surface area contributed by atoms with Crippen LogP contribution in [0.25, 0.3) is 0 Å². The predicted molar refractivity (Wildman–Crippen MR) is 81.5 cm³/mol. The molecule has 4 heteroatoms. The van der Waals surface area contributed by atoms with Gasteiger partial charge in [-0.3, -0.25) is 4.79 Å². The topological polar surface area (TPSA) is 64.3 Å². The molecule has 0 spiro atoms. The highest BCUT2D eigenvalue weighted by Gasteiger charge is 2.30. The summed E-state index contributed by atoms with van der Waals surface area (Å²) in [7, 11) is 0. The lowest BCUT2D eigenvalue weighted by Gasteiger charge is -2.27. The van der Waals surface area contributed by atoms with E-state index in [1.54, 1.807) is 6.92 Å². The van der Waals surface area contributed by atoms with E-state index in [0.29, 0.717) is 13.2 Å². The molecule has 0 aliphatic rings. The molecule has 112 valence electrons. The van der Waals surface area contributed by atoms with Crippen LogP contribution in [-0.4, -0.2) is 31.2 Å². The van der Waals surface area contributed by atoms with Gasteiger partial charge in [0.05, 0.1) is 6.61 Å². The lowest BCUT2D eigenvalue weighted by molar-refractivity contribution is -0.126. The Morgan fingerprint density at radius 2 is 2.05 bits per heavy atom. The molecular formula is C16H26N2O2. The van der Waals surface area contributed by atoms with Crippen LogP contribution in [0.15, 0.2) is 30.3 Å². The molecule has 20 heavy (non-hydrogen) atoms. The van der Waals surface area contributed by atoms with Gasteiger partial charge in [-0.25, -0.2) is 0 Å². The number of ether oxygens (including phenoxy) is 1. The molecule has 1 atom stereocenters. The average molecular weight is 278 g/mol. The van der Waals surface area contributed by atoms with E-state index in [9.17, 15) is 4.79 Å². The van der Waals surface area contributed by atoms with Gasteiger partial charge in [-0.1, -0.05) is 37.3 Å². The van der Waals surface area contributed by atoms with Crippen LogP contribution in [0.5, 0.6) is 0 Å². The van der Waals surface area contributed by atoms with Crippen molar-refractivity contribution >= 4 is 5.91 Å². The van der Waals surface area contributed by atoms with Gasteiger partial charge in [0.2, 0.25) is 5.91 Å². The molecule has 0 fully saturated rings. The van der Waals surface area contributed by atoms with Crippen LogP contribution < -0.4 is 11.1 Å². The summed E-state index contributed by atoms with van der Waals surface area (Å²) in [5, 5.41) is 3.15. The number of nitrogens with one attached hydrogen (secondary N) is 1. The van der Waals surface area contributed by atoms with Crippen molar-refractivity contribution in [1.82, 2.24) is 5.32 Å². The average Bonchev–Trinajstić information content (AvgIpc) is 2.45. The lowest BCUT2D eigenvalue weighted by Crippen LogP contribution is -2.56. The summed E-state index contributed by atoms with van der Waals surface area (Å²) in [6.07, 6.45) is 2.88. The van der Waals surface area contributed by atoms with E-state index < -0.39 is 5.54 Å². The maximum absolute atomic E-state index is 11.5. The zero-order valence-corrected chi connectivity index (χ0v) is 12.5. The Morgan fingerprint density at radius 1 is 1.35 bits per heavy atom. The van der Waals surface area contributed by atoms with Gasteiger partial charge in [-0.15, -0.1) is 0 Å². The van der Waals surface area contributed by atoms with Gasteiger partial charge in [0, 0.05) is 6.61 Å². The SMILES string of the molecule is CCCNC(C)(COCCCc1ccccc1)C(N)=O. The van der Waals surface area contributed by atoms with Crippen molar-refractivity contribution in [3.05, 3.63) is 35.9 Å². The second-order valence-corrected chi connectivity index (χ2v) is 5.26. The van der Waals surface area contributed by atoms with E-state index in [-0.39, 0.29) is 5.91 Å². The number of rotatable bonds is 10. The van der Waals surface area contributed by atoms with Gasteiger partial charge >= 0.3 is 0 Å². The Morgan fingerprint density at radius 3 is 2.65 bits per heavy atom. The van der Waals surface area contributed by atoms with Crippen LogP contribution in [0.4, 0.5) is 0 Å².